The summed E-state index contributed by atoms with van der Waals surface area (Å²) in [6, 6.07) is 22.2. The van der Waals surface area contributed by atoms with Crippen LogP contribution in [-0.4, -0.2) is 45.0 Å². The van der Waals surface area contributed by atoms with Crippen molar-refractivity contribution in [3.8, 4) is 22.6 Å². The number of ether oxygens (including phenoxy) is 2. The number of allylic oxidation sites excluding steroid dienone is 1. The van der Waals surface area contributed by atoms with Gasteiger partial charge in [-0.05, 0) is 74.5 Å². The molecule has 0 atom stereocenters. The fourth-order valence-corrected chi connectivity index (χ4v) is 3.63. The lowest BCUT2D eigenvalue weighted by molar-refractivity contribution is -0.104. The minimum absolute atomic E-state index is 0.542. The van der Waals surface area contributed by atoms with E-state index in [1.54, 1.807) is 6.08 Å². The molecule has 0 aliphatic heterocycles. The summed E-state index contributed by atoms with van der Waals surface area (Å²) in [5.41, 5.74) is 5.92. The highest BCUT2D eigenvalue weighted by atomic mass is 16.5. The summed E-state index contributed by atoms with van der Waals surface area (Å²) in [7, 11) is 4.03. The predicted octanol–water partition coefficient (Wildman–Crippen LogP) is 5.63. The Bertz CT molecular complexity index is 1090. The van der Waals surface area contributed by atoms with Gasteiger partial charge in [0.15, 0.2) is 0 Å². The zero-order chi connectivity index (χ0) is 22.9. The lowest BCUT2D eigenvalue weighted by Gasteiger charge is -2.19. The summed E-state index contributed by atoms with van der Waals surface area (Å²) in [5.74, 6) is 1.48. The number of aldehydes is 1. The molecule has 0 unspecified atom stereocenters. The molecule has 0 saturated heterocycles. The van der Waals surface area contributed by atoms with Crippen molar-refractivity contribution in [2.75, 3.05) is 33.9 Å². The van der Waals surface area contributed by atoms with Crippen LogP contribution in [-0.2, 0) is 4.79 Å². The molecule has 0 fully saturated rings. The third-order valence-corrected chi connectivity index (χ3v) is 5.23. The number of aryl methyl sites for hydroxylation is 1. The molecule has 0 heterocycles. The highest BCUT2D eigenvalue weighted by Gasteiger charge is 2.17. The fraction of sp³-hybridized carbons (Fsp3) is 0.250. The van der Waals surface area contributed by atoms with Gasteiger partial charge in [-0.2, -0.15) is 0 Å². The van der Waals surface area contributed by atoms with Crippen molar-refractivity contribution in [1.82, 2.24) is 4.90 Å². The van der Waals surface area contributed by atoms with Crippen LogP contribution in [0.1, 0.15) is 23.6 Å². The summed E-state index contributed by atoms with van der Waals surface area (Å²) in [6.07, 6.45) is 2.41. The first-order valence-corrected chi connectivity index (χ1v) is 10.9. The minimum Gasteiger partial charge on any atom is -0.493 e. The molecular weight excluding hydrogens is 398 g/mol. The minimum atomic E-state index is 0.542. The molecule has 0 saturated carbocycles. The van der Waals surface area contributed by atoms with Gasteiger partial charge in [0.2, 0.25) is 0 Å². The normalized spacial score (nSPS) is 11.5. The molecule has 4 heteroatoms. The highest BCUT2D eigenvalue weighted by molar-refractivity contribution is 5.94. The van der Waals surface area contributed by atoms with E-state index < -0.39 is 0 Å². The maximum atomic E-state index is 11.7. The number of nitrogens with zero attached hydrogens (tertiary/aromatic N) is 1. The highest BCUT2D eigenvalue weighted by Crippen LogP contribution is 2.38. The molecular formula is C28H31NO3. The summed E-state index contributed by atoms with van der Waals surface area (Å²) in [5, 5.41) is 0. The van der Waals surface area contributed by atoms with E-state index in [1.165, 1.54) is 5.56 Å². The Hall–Kier alpha value is -3.37. The Morgan fingerprint density at radius 3 is 2.34 bits per heavy atom. The van der Waals surface area contributed by atoms with Gasteiger partial charge in [0, 0.05) is 17.7 Å². The Morgan fingerprint density at radius 1 is 0.906 bits per heavy atom. The second-order valence-electron chi connectivity index (χ2n) is 7.82. The van der Waals surface area contributed by atoms with E-state index in [-0.39, 0.29) is 0 Å². The molecule has 3 rings (SSSR count). The van der Waals surface area contributed by atoms with Crippen molar-refractivity contribution in [2.24, 2.45) is 0 Å². The van der Waals surface area contributed by atoms with Gasteiger partial charge in [-0.3, -0.25) is 4.79 Å². The fourth-order valence-electron chi connectivity index (χ4n) is 3.63. The van der Waals surface area contributed by atoms with Gasteiger partial charge < -0.3 is 14.4 Å². The molecule has 166 valence electrons. The molecule has 0 aliphatic carbocycles. The molecule has 0 aromatic heterocycles. The molecule has 0 aliphatic rings. The molecule has 3 aromatic rings. The lowest BCUT2D eigenvalue weighted by Crippen LogP contribution is -2.19. The third-order valence-electron chi connectivity index (χ3n) is 5.23. The van der Waals surface area contributed by atoms with E-state index in [2.05, 4.69) is 36.1 Å². The van der Waals surface area contributed by atoms with Gasteiger partial charge in [-0.15, -0.1) is 0 Å². The number of hydrogen-bond donors (Lipinski definition) is 0. The van der Waals surface area contributed by atoms with Gasteiger partial charge in [0.25, 0.3) is 0 Å². The Morgan fingerprint density at radius 2 is 1.62 bits per heavy atom. The van der Waals surface area contributed by atoms with Crippen LogP contribution >= 0.6 is 0 Å². The summed E-state index contributed by atoms with van der Waals surface area (Å²) < 4.78 is 12.0. The third kappa shape index (κ3) is 5.65. The Balaban J connectivity index is 2.16. The topological polar surface area (TPSA) is 38.8 Å². The second kappa shape index (κ2) is 11.3. The van der Waals surface area contributed by atoms with E-state index in [4.69, 9.17) is 9.47 Å². The molecule has 0 bridgehead atoms. The van der Waals surface area contributed by atoms with Crippen molar-refractivity contribution in [1.29, 1.82) is 0 Å². The average molecular weight is 430 g/mol. The number of rotatable bonds is 10. The predicted molar refractivity (Wildman–Crippen MR) is 131 cm³/mol. The Kier molecular flexibility index (Phi) is 8.23. The van der Waals surface area contributed by atoms with Crippen LogP contribution in [0.15, 0.2) is 72.8 Å². The van der Waals surface area contributed by atoms with E-state index in [9.17, 15) is 4.79 Å². The zero-order valence-electron chi connectivity index (χ0n) is 19.3. The van der Waals surface area contributed by atoms with Crippen LogP contribution < -0.4 is 9.47 Å². The van der Waals surface area contributed by atoms with Crippen LogP contribution in [0.5, 0.6) is 11.5 Å². The number of likely N-dealkylation sites (N-methyl/N-ethyl adjacent to an activating group) is 1. The van der Waals surface area contributed by atoms with Crippen molar-refractivity contribution in [3.05, 3.63) is 89.5 Å². The van der Waals surface area contributed by atoms with Crippen molar-refractivity contribution in [2.45, 2.75) is 13.8 Å². The number of carbonyl (C=O) groups excluding carboxylic acids is 1. The zero-order valence-corrected chi connectivity index (χ0v) is 19.3. The summed E-state index contributed by atoms with van der Waals surface area (Å²) >= 11 is 0. The molecule has 32 heavy (non-hydrogen) atoms. The first kappa shape index (κ1) is 23.3. The molecule has 0 radical (unpaired) electrons. The number of hydrogen-bond acceptors (Lipinski definition) is 4. The van der Waals surface area contributed by atoms with Crippen LogP contribution in [0.2, 0.25) is 0 Å². The molecule has 0 spiro atoms. The molecule has 3 aromatic carbocycles. The number of para-hydroxylation sites is 1. The molecule has 4 nitrogen and oxygen atoms in total. The maximum absolute atomic E-state index is 11.7. The smallest absolute Gasteiger partial charge is 0.143 e. The lowest BCUT2D eigenvalue weighted by atomic mass is 9.92. The van der Waals surface area contributed by atoms with E-state index in [0.717, 1.165) is 52.2 Å². The quantitative estimate of drug-likeness (QED) is 0.309. The maximum Gasteiger partial charge on any atom is 0.143 e. The van der Waals surface area contributed by atoms with Crippen LogP contribution in [0, 0.1) is 6.92 Å². The van der Waals surface area contributed by atoms with Crippen molar-refractivity contribution in [3.63, 3.8) is 0 Å². The van der Waals surface area contributed by atoms with Gasteiger partial charge in [-0.25, -0.2) is 0 Å². The first-order chi connectivity index (χ1) is 15.5. The average Bonchev–Trinajstić information content (AvgIpc) is 2.79. The molecule has 0 amide bonds. The standard InChI is InChI=1S/C28H31NO3/c1-5-31-27-13-9-8-12-25(27)24(16-18-30)26-20-22(23-11-7-6-10-21(23)2)14-15-28(26)32-19-17-29(3)4/h6-16,18,20H,5,17,19H2,1-4H3. The number of carbonyl (C=O) groups is 1. The largest absolute Gasteiger partial charge is 0.493 e. The molecule has 0 N–H and O–H groups in total. The van der Waals surface area contributed by atoms with Crippen LogP contribution in [0.25, 0.3) is 16.7 Å². The van der Waals surface area contributed by atoms with Crippen LogP contribution in [0.3, 0.4) is 0 Å². The monoisotopic (exact) mass is 429 g/mol. The van der Waals surface area contributed by atoms with Crippen LogP contribution in [0.4, 0.5) is 0 Å². The number of benzene rings is 3. The summed E-state index contributed by atoms with van der Waals surface area (Å²) in [4.78, 5) is 13.8. The van der Waals surface area contributed by atoms with Gasteiger partial charge >= 0.3 is 0 Å². The van der Waals surface area contributed by atoms with Gasteiger partial charge in [-0.1, -0.05) is 48.5 Å². The summed E-state index contributed by atoms with van der Waals surface area (Å²) in [6.45, 7) is 5.94. The van der Waals surface area contributed by atoms with Crippen molar-refractivity contribution < 1.29 is 14.3 Å². The van der Waals surface area contributed by atoms with E-state index in [0.29, 0.717) is 13.2 Å². The second-order valence-corrected chi connectivity index (χ2v) is 7.82. The van der Waals surface area contributed by atoms with Crippen molar-refractivity contribution >= 4 is 11.9 Å². The van der Waals surface area contributed by atoms with E-state index in [1.807, 2.05) is 63.5 Å². The Labute approximate surface area is 191 Å². The van der Waals surface area contributed by atoms with Gasteiger partial charge in [0.05, 0.1) is 6.61 Å². The SMILES string of the molecule is CCOc1ccccc1C(=CC=O)c1cc(-c2ccccc2C)ccc1OCCN(C)C. The van der Waals surface area contributed by atoms with Gasteiger partial charge in [0.1, 0.15) is 24.4 Å². The first-order valence-electron chi connectivity index (χ1n) is 10.9. The van der Waals surface area contributed by atoms with E-state index >= 15 is 0 Å².